The highest BCUT2D eigenvalue weighted by molar-refractivity contribution is 5.53. The fourth-order valence-corrected chi connectivity index (χ4v) is 2.34. The first kappa shape index (κ1) is 14.1. The summed E-state index contributed by atoms with van der Waals surface area (Å²) in [5.41, 5.74) is 5.78. The van der Waals surface area contributed by atoms with E-state index in [1.807, 2.05) is 0 Å². The molecule has 0 unspecified atom stereocenters. The van der Waals surface area contributed by atoms with Gasteiger partial charge in [0.05, 0.1) is 5.69 Å². The Morgan fingerprint density at radius 3 is 2.47 bits per heavy atom. The number of hydrogen-bond donors (Lipinski definition) is 1. The van der Waals surface area contributed by atoms with Gasteiger partial charge in [-0.25, -0.2) is 4.39 Å². The largest absolute Gasteiger partial charge is 0.485 e. The Morgan fingerprint density at radius 2 is 1.89 bits per heavy atom. The third kappa shape index (κ3) is 3.15. The van der Waals surface area contributed by atoms with E-state index in [1.165, 1.54) is 6.07 Å². The van der Waals surface area contributed by atoms with E-state index >= 15 is 0 Å². The number of ether oxygens (including phenoxy) is 1. The number of halogens is 2. The monoisotopic (exact) mass is 270 g/mol. The molecule has 0 amide bonds. The number of likely N-dealkylation sites (tertiary alicyclic amines) is 1. The number of rotatable bonds is 3. The van der Waals surface area contributed by atoms with Crippen molar-refractivity contribution in [3.05, 3.63) is 23.8 Å². The molecule has 1 aromatic carbocycles. The number of anilines is 1. The standard InChI is InChI=1S/C14H20F2N2O/c1-9(2)18-7-5-10(6-8-18)19-14-12(17)4-3-11(15)13(14)16/h3-4,9-10H,5-8,17H2,1-2H3. The van der Waals surface area contributed by atoms with Crippen molar-refractivity contribution < 1.29 is 13.5 Å². The summed E-state index contributed by atoms with van der Waals surface area (Å²) in [5, 5.41) is 0. The summed E-state index contributed by atoms with van der Waals surface area (Å²) in [4.78, 5) is 2.34. The predicted molar refractivity (Wildman–Crippen MR) is 71.1 cm³/mol. The van der Waals surface area contributed by atoms with Gasteiger partial charge in [0.2, 0.25) is 5.82 Å². The Hall–Kier alpha value is -1.36. The van der Waals surface area contributed by atoms with Crippen LogP contribution in [0.15, 0.2) is 12.1 Å². The molecule has 106 valence electrons. The summed E-state index contributed by atoms with van der Waals surface area (Å²) < 4.78 is 32.4. The van der Waals surface area contributed by atoms with Crippen LogP contribution in [0.3, 0.4) is 0 Å². The van der Waals surface area contributed by atoms with Gasteiger partial charge in [-0.3, -0.25) is 0 Å². The van der Waals surface area contributed by atoms with Crippen LogP contribution in [-0.2, 0) is 0 Å². The SMILES string of the molecule is CC(C)N1CCC(Oc2c(N)ccc(F)c2F)CC1. The first-order chi connectivity index (χ1) is 8.99. The summed E-state index contributed by atoms with van der Waals surface area (Å²) in [5.74, 6) is -2.07. The van der Waals surface area contributed by atoms with E-state index in [0.717, 1.165) is 32.0 Å². The summed E-state index contributed by atoms with van der Waals surface area (Å²) in [6, 6.07) is 2.84. The Morgan fingerprint density at radius 1 is 1.26 bits per heavy atom. The highest BCUT2D eigenvalue weighted by Crippen LogP contribution is 2.30. The number of nitrogen functional groups attached to an aromatic ring is 1. The van der Waals surface area contributed by atoms with Crippen LogP contribution < -0.4 is 10.5 Å². The van der Waals surface area contributed by atoms with Gasteiger partial charge in [0.15, 0.2) is 11.6 Å². The molecule has 2 rings (SSSR count). The Kier molecular flexibility index (Phi) is 4.24. The summed E-state index contributed by atoms with van der Waals surface area (Å²) in [6.45, 7) is 6.09. The maximum atomic E-state index is 13.6. The fourth-order valence-electron chi connectivity index (χ4n) is 2.34. The molecule has 0 aromatic heterocycles. The summed E-state index contributed by atoms with van der Waals surface area (Å²) in [6.07, 6.45) is 1.50. The lowest BCUT2D eigenvalue weighted by Gasteiger charge is -2.34. The predicted octanol–water partition coefficient (Wildman–Crippen LogP) is 2.80. The second kappa shape index (κ2) is 5.74. The molecule has 1 aromatic rings. The molecule has 1 saturated heterocycles. The zero-order valence-corrected chi connectivity index (χ0v) is 11.3. The van der Waals surface area contributed by atoms with Crippen molar-refractivity contribution in [1.29, 1.82) is 0 Å². The number of benzene rings is 1. The molecule has 3 nitrogen and oxygen atoms in total. The topological polar surface area (TPSA) is 38.5 Å². The molecule has 0 spiro atoms. The molecule has 0 saturated carbocycles. The zero-order chi connectivity index (χ0) is 14.0. The molecule has 2 N–H and O–H groups in total. The summed E-state index contributed by atoms with van der Waals surface area (Å²) >= 11 is 0. The van der Waals surface area contributed by atoms with E-state index in [4.69, 9.17) is 10.5 Å². The number of hydrogen-bond acceptors (Lipinski definition) is 3. The second-order valence-corrected chi connectivity index (χ2v) is 5.23. The molecule has 0 atom stereocenters. The first-order valence-corrected chi connectivity index (χ1v) is 6.63. The number of nitrogens with two attached hydrogens (primary N) is 1. The molecule has 19 heavy (non-hydrogen) atoms. The molecule has 0 bridgehead atoms. The molecule has 5 heteroatoms. The van der Waals surface area contributed by atoms with Crippen LogP contribution in [0, 0.1) is 11.6 Å². The maximum Gasteiger partial charge on any atom is 0.202 e. The first-order valence-electron chi connectivity index (χ1n) is 6.63. The van der Waals surface area contributed by atoms with Crippen molar-refractivity contribution in [1.82, 2.24) is 4.90 Å². The van der Waals surface area contributed by atoms with Crippen molar-refractivity contribution in [2.24, 2.45) is 0 Å². The van der Waals surface area contributed by atoms with Gasteiger partial charge in [-0.1, -0.05) is 0 Å². The molecule has 1 aliphatic rings. The average molecular weight is 270 g/mol. The van der Waals surface area contributed by atoms with E-state index in [9.17, 15) is 8.78 Å². The molecular formula is C14H20F2N2O. The van der Waals surface area contributed by atoms with Gasteiger partial charge in [-0.15, -0.1) is 0 Å². The van der Waals surface area contributed by atoms with E-state index in [1.54, 1.807) is 0 Å². The van der Waals surface area contributed by atoms with Crippen molar-refractivity contribution in [2.45, 2.75) is 38.8 Å². The fraction of sp³-hybridized carbons (Fsp3) is 0.571. The van der Waals surface area contributed by atoms with Crippen LogP contribution in [0.5, 0.6) is 5.75 Å². The molecular weight excluding hydrogens is 250 g/mol. The Balaban J connectivity index is 2.02. The lowest BCUT2D eigenvalue weighted by atomic mass is 10.1. The van der Waals surface area contributed by atoms with Crippen LogP contribution in [0.25, 0.3) is 0 Å². The van der Waals surface area contributed by atoms with Crippen LogP contribution in [0.1, 0.15) is 26.7 Å². The number of piperidine rings is 1. The highest BCUT2D eigenvalue weighted by Gasteiger charge is 2.24. The van der Waals surface area contributed by atoms with E-state index in [-0.39, 0.29) is 17.5 Å². The van der Waals surface area contributed by atoms with Crippen molar-refractivity contribution >= 4 is 5.69 Å². The quantitative estimate of drug-likeness (QED) is 0.858. The van der Waals surface area contributed by atoms with Crippen molar-refractivity contribution in [3.63, 3.8) is 0 Å². The van der Waals surface area contributed by atoms with Gasteiger partial charge in [0.25, 0.3) is 0 Å². The van der Waals surface area contributed by atoms with Crippen LogP contribution >= 0.6 is 0 Å². The van der Waals surface area contributed by atoms with Crippen LogP contribution in [0.2, 0.25) is 0 Å². The zero-order valence-electron chi connectivity index (χ0n) is 11.3. The van der Waals surface area contributed by atoms with Gasteiger partial charge in [0.1, 0.15) is 6.10 Å². The van der Waals surface area contributed by atoms with E-state index in [0.29, 0.717) is 6.04 Å². The number of nitrogens with zero attached hydrogens (tertiary/aromatic N) is 1. The normalized spacial score (nSPS) is 17.9. The van der Waals surface area contributed by atoms with Gasteiger partial charge in [-0.05, 0) is 38.8 Å². The molecule has 1 fully saturated rings. The van der Waals surface area contributed by atoms with Crippen molar-refractivity contribution in [2.75, 3.05) is 18.8 Å². The Bertz CT molecular complexity index is 443. The highest BCUT2D eigenvalue weighted by atomic mass is 19.2. The lowest BCUT2D eigenvalue weighted by molar-refractivity contribution is 0.0816. The summed E-state index contributed by atoms with van der Waals surface area (Å²) in [7, 11) is 0. The third-order valence-electron chi connectivity index (χ3n) is 3.57. The van der Waals surface area contributed by atoms with Crippen LogP contribution in [-0.4, -0.2) is 30.1 Å². The minimum Gasteiger partial charge on any atom is -0.485 e. The van der Waals surface area contributed by atoms with Gasteiger partial charge in [0, 0.05) is 19.1 Å². The average Bonchev–Trinajstić information content (AvgIpc) is 2.40. The van der Waals surface area contributed by atoms with Gasteiger partial charge < -0.3 is 15.4 Å². The molecule has 1 aliphatic heterocycles. The smallest absolute Gasteiger partial charge is 0.202 e. The van der Waals surface area contributed by atoms with E-state index < -0.39 is 11.6 Å². The lowest BCUT2D eigenvalue weighted by Crippen LogP contribution is -2.41. The minimum atomic E-state index is -0.994. The Labute approximate surface area is 112 Å². The second-order valence-electron chi connectivity index (χ2n) is 5.23. The molecule has 1 heterocycles. The maximum absolute atomic E-state index is 13.6. The van der Waals surface area contributed by atoms with Gasteiger partial charge in [-0.2, -0.15) is 4.39 Å². The molecule has 0 aliphatic carbocycles. The van der Waals surface area contributed by atoms with Crippen LogP contribution in [0.4, 0.5) is 14.5 Å². The minimum absolute atomic E-state index is 0.103. The third-order valence-corrected chi connectivity index (χ3v) is 3.57. The van der Waals surface area contributed by atoms with Crippen molar-refractivity contribution in [3.8, 4) is 5.75 Å². The molecule has 0 radical (unpaired) electrons. The van der Waals surface area contributed by atoms with Gasteiger partial charge >= 0.3 is 0 Å². The van der Waals surface area contributed by atoms with E-state index in [2.05, 4.69) is 18.7 Å².